The molecule has 1 saturated carbocycles. The minimum Gasteiger partial charge on any atom is -0.508 e. The van der Waals surface area contributed by atoms with E-state index in [9.17, 15) is 29.4 Å². The Bertz CT molecular complexity index is 1090. The first kappa shape index (κ1) is 32.8. The van der Waals surface area contributed by atoms with E-state index in [0.29, 0.717) is 57.8 Å². The van der Waals surface area contributed by atoms with E-state index < -0.39 is 36.0 Å². The van der Waals surface area contributed by atoms with Crippen molar-refractivity contribution < 1.29 is 29.4 Å². The van der Waals surface area contributed by atoms with Gasteiger partial charge in [-0.3, -0.25) is 19.4 Å². The molecule has 6 atom stereocenters. The Morgan fingerprint density at radius 3 is 2.50 bits per heavy atom. The van der Waals surface area contributed by atoms with Crippen LogP contribution in [0.5, 0.6) is 5.75 Å². The van der Waals surface area contributed by atoms with Gasteiger partial charge in [-0.25, -0.2) is 0 Å². The van der Waals surface area contributed by atoms with Crippen LogP contribution in [-0.4, -0.2) is 81.9 Å². The molecule has 232 valence electrons. The third-order valence-electron chi connectivity index (χ3n) is 8.18. The molecule has 3 amide bonds. The van der Waals surface area contributed by atoms with Crippen molar-refractivity contribution in [3.8, 4) is 5.75 Å². The number of nitrogens with one attached hydrogen (secondary N) is 2. The van der Waals surface area contributed by atoms with Gasteiger partial charge in [0, 0.05) is 25.4 Å². The number of aliphatic hydroxyl groups is 1. The predicted octanol–water partition coefficient (Wildman–Crippen LogP) is 0.868. The van der Waals surface area contributed by atoms with Crippen LogP contribution in [0.25, 0.3) is 0 Å². The van der Waals surface area contributed by atoms with E-state index in [-0.39, 0.29) is 42.4 Å². The molecule has 1 aliphatic heterocycles. The maximum Gasteiger partial charge on any atom is 0.246 e. The van der Waals surface area contributed by atoms with Gasteiger partial charge >= 0.3 is 0 Å². The number of amides is 3. The van der Waals surface area contributed by atoms with Crippen LogP contribution in [-0.2, 0) is 25.6 Å². The molecule has 0 radical (unpaired) electrons. The number of aromatic hydroxyl groups is 1. The molecule has 2 fully saturated rings. The zero-order valence-electron chi connectivity index (χ0n) is 24.4. The van der Waals surface area contributed by atoms with Crippen LogP contribution in [0.3, 0.4) is 0 Å². The molecule has 42 heavy (non-hydrogen) atoms. The summed E-state index contributed by atoms with van der Waals surface area (Å²) < 4.78 is 0. The number of hydrogen-bond donors (Lipinski definition) is 6. The minimum atomic E-state index is -0.946. The Hall–Kier alpha value is -3.67. The molecule has 1 saturated heterocycles. The standard InChI is InChI=1S/C30H46N6O6/c1-2-3-4-7-27(40)35-24(15-19-8-11-22(38)12-9-19)29(42)36-25-17-23(39)13-10-20(25)16-26(36)28(41)34-21(18-37)6-5-14-33-30(31)32/h8-9,11-12,18,20-21,23-26,38-39H,2-7,10,13-17H2,1H3,(H,34,41)(H,35,40)(H4,31,32,33)/t20-,21?,23?,24-,25-,26-/m0/s1. The van der Waals surface area contributed by atoms with Crippen molar-refractivity contribution in [3.63, 3.8) is 0 Å². The van der Waals surface area contributed by atoms with Crippen LogP contribution in [0.2, 0.25) is 0 Å². The van der Waals surface area contributed by atoms with Gasteiger partial charge in [-0.2, -0.15) is 0 Å². The number of guanidine groups is 1. The summed E-state index contributed by atoms with van der Waals surface area (Å²) in [6, 6.07) is 3.49. The second-order valence-corrected chi connectivity index (χ2v) is 11.4. The second-order valence-electron chi connectivity index (χ2n) is 11.4. The molecule has 2 unspecified atom stereocenters. The van der Waals surface area contributed by atoms with Crippen LogP contribution in [0.4, 0.5) is 0 Å². The lowest BCUT2D eigenvalue weighted by Gasteiger charge is -2.37. The quantitative estimate of drug-likeness (QED) is 0.0752. The topological polar surface area (TPSA) is 200 Å². The molecule has 1 aromatic rings. The summed E-state index contributed by atoms with van der Waals surface area (Å²) >= 11 is 0. The number of unbranched alkanes of at least 4 members (excludes halogenated alkanes) is 2. The molecule has 1 aliphatic carbocycles. The number of carbonyl (C=O) groups excluding carboxylic acids is 4. The van der Waals surface area contributed by atoms with Crippen molar-refractivity contribution in [2.24, 2.45) is 22.4 Å². The van der Waals surface area contributed by atoms with E-state index in [1.165, 1.54) is 12.1 Å². The van der Waals surface area contributed by atoms with Crippen molar-refractivity contribution in [2.45, 2.75) is 108 Å². The number of phenols is 1. The summed E-state index contributed by atoms with van der Waals surface area (Å²) in [5.74, 6) is -1.04. The fourth-order valence-corrected chi connectivity index (χ4v) is 6.01. The highest BCUT2D eigenvalue weighted by Crippen LogP contribution is 2.40. The maximum absolute atomic E-state index is 14.3. The van der Waals surface area contributed by atoms with Crippen molar-refractivity contribution in [1.29, 1.82) is 0 Å². The highest BCUT2D eigenvalue weighted by Gasteiger charge is 2.50. The van der Waals surface area contributed by atoms with Gasteiger partial charge in [0.05, 0.1) is 12.1 Å². The number of aldehydes is 1. The van der Waals surface area contributed by atoms with Crippen molar-refractivity contribution in [1.82, 2.24) is 15.5 Å². The van der Waals surface area contributed by atoms with Crippen LogP contribution >= 0.6 is 0 Å². The molecular formula is C30H46N6O6. The molecule has 8 N–H and O–H groups in total. The number of rotatable bonds is 15. The largest absolute Gasteiger partial charge is 0.508 e. The molecule has 12 heteroatoms. The second kappa shape index (κ2) is 16.1. The Morgan fingerprint density at radius 1 is 1.10 bits per heavy atom. The van der Waals surface area contributed by atoms with Crippen molar-refractivity contribution in [3.05, 3.63) is 29.8 Å². The number of hydrogen-bond acceptors (Lipinski definition) is 7. The van der Waals surface area contributed by atoms with Gasteiger partial charge in [-0.15, -0.1) is 0 Å². The fourth-order valence-electron chi connectivity index (χ4n) is 6.01. The molecule has 0 bridgehead atoms. The zero-order valence-corrected chi connectivity index (χ0v) is 24.4. The van der Waals surface area contributed by atoms with Crippen molar-refractivity contribution in [2.75, 3.05) is 6.54 Å². The fraction of sp³-hybridized carbons (Fsp3) is 0.633. The van der Waals surface area contributed by atoms with Gasteiger partial charge < -0.3 is 42.0 Å². The summed E-state index contributed by atoms with van der Waals surface area (Å²) in [5, 5.41) is 25.9. The monoisotopic (exact) mass is 586 g/mol. The Balaban J connectivity index is 1.83. The number of aliphatic hydroxyl groups excluding tert-OH is 1. The van der Waals surface area contributed by atoms with Crippen LogP contribution in [0.15, 0.2) is 29.3 Å². The number of fused-ring (bicyclic) bond motifs is 1. The van der Waals surface area contributed by atoms with E-state index in [4.69, 9.17) is 11.5 Å². The lowest BCUT2D eigenvalue weighted by molar-refractivity contribution is -0.144. The number of aliphatic imine (C=N–C) groups is 1. The zero-order chi connectivity index (χ0) is 30.6. The van der Waals surface area contributed by atoms with E-state index >= 15 is 0 Å². The number of benzene rings is 1. The smallest absolute Gasteiger partial charge is 0.246 e. The highest BCUT2D eigenvalue weighted by atomic mass is 16.3. The van der Waals surface area contributed by atoms with E-state index in [0.717, 1.165) is 18.4 Å². The molecule has 0 aromatic heterocycles. The van der Waals surface area contributed by atoms with E-state index in [2.05, 4.69) is 15.6 Å². The Kier molecular flexibility index (Phi) is 12.6. The predicted molar refractivity (Wildman–Crippen MR) is 158 cm³/mol. The maximum atomic E-state index is 14.3. The average Bonchev–Trinajstić information content (AvgIpc) is 3.33. The number of likely N-dealkylation sites (tertiary alicyclic amines) is 1. The Morgan fingerprint density at radius 2 is 1.83 bits per heavy atom. The first-order valence-electron chi connectivity index (χ1n) is 15.0. The normalized spacial score (nSPS) is 22.9. The lowest BCUT2D eigenvalue weighted by atomic mass is 9.83. The third kappa shape index (κ3) is 9.43. The van der Waals surface area contributed by atoms with Gasteiger partial charge in [0.1, 0.15) is 24.1 Å². The van der Waals surface area contributed by atoms with Gasteiger partial charge in [-0.1, -0.05) is 31.9 Å². The summed E-state index contributed by atoms with van der Waals surface area (Å²) in [6.45, 7) is 2.36. The molecular weight excluding hydrogens is 540 g/mol. The first-order chi connectivity index (χ1) is 20.1. The Labute approximate surface area is 247 Å². The summed E-state index contributed by atoms with van der Waals surface area (Å²) in [6.07, 6.45) is 5.87. The average molecular weight is 587 g/mol. The highest BCUT2D eigenvalue weighted by molar-refractivity contribution is 5.94. The first-order valence-corrected chi connectivity index (χ1v) is 15.0. The number of nitrogens with zero attached hydrogens (tertiary/aromatic N) is 2. The summed E-state index contributed by atoms with van der Waals surface area (Å²) in [7, 11) is 0. The van der Waals surface area contributed by atoms with Crippen molar-refractivity contribution >= 4 is 30.0 Å². The summed E-state index contributed by atoms with van der Waals surface area (Å²) in [5.41, 5.74) is 11.4. The van der Waals surface area contributed by atoms with Crippen LogP contribution in [0, 0.1) is 5.92 Å². The van der Waals surface area contributed by atoms with Gasteiger partial charge in [-0.05, 0) is 68.6 Å². The van der Waals surface area contributed by atoms with Gasteiger partial charge in [0.25, 0.3) is 0 Å². The third-order valence-corrected chi connectivity index (χ3v) is 8.18. The number of carbonyl (C=O) groups is 4. The molecule has 0 spiro atoms. The number of phenolic OH excluding ortho intramolecular Hbond substituents is 1. The summed E-state index contributed by atoms with van der Waals surface area (Å²) in [4.78, 5) is 58.0. The molecule has 1 heterocycles. The molecule has 12 nitrogen and oxygen atoms in total. The van der Waals surface area contributed by atoms with Gasteiger partial charge in [0.15, 0.2) is 5.96 Å². The van der Waals surface area contributed by atoms with Crippen LogP contribution in [0.1, 0.15) is 76.7 Å². The SMILES string of the molecule is CCCCCC(=O)N[C@@H](Cc1ccc(O)cc1)C(=O)N1[C@H](C(=O)NC(C=O)CCCN=C(N)N)C[C@@H]2CCC(O)C[C@@H]21. The van der Waals surface area contributed by atoms with Crippen LogP contribution < -0.4 is 22.1 Å². The van der Waals surface area contributed by atoms with E-state index in [1.54, 1.807) is 17.0 Å². The minimum absolute atomic E-state index is 0.0132. The molecule has 1 aromatic carbocycles. The van der Waals surface area contributed by atoms with Gasteiger partial charge in [0.2, 0.25) is 17.7 Å². The number of nitrogens with two attached hydrogens (primary N) is 2. The lowest BCUT2D eigenvalue weighted by Crippen LogP contribution is -2.58. The molecule has 3 rings (SSSR count). The molecule has 2 aliphatic rings. The van der Waals surface area contributed by atoms with E-state index in [1.807, 2.05) is 6.92 Å².